The Hall–Kier alpha value is 1.85. The summed E-state index contributed by atoms with van der Waals surface area (Å²) in [5.74, 6) is 4.79. The van der Waals surface area contributed by atoms with Gasteiger partial charge in [0.15, 0.2) is 0 Å². The minimum absolute atomic E-state index is 0. The van der Waals surface area contributed by atoms with Gasteiger partial charge in [0.2, 0.25) is 0 Å². The fourth-order valence-corrected chi connectivity index (χ4v) is 9.47. The third-order valence-corrected chi connectivity index (χ3v) is 11.1. The van der Waals surface area contributed by atoms with Gasteiger partial charge in [-0.25, -0.2) is 0 Å². The molecule has 3 saturated carbocycles. The van der Waals surface area contributed by atoms with Crippen LogP contribution in [0.1, 0.15) is 105 Å². The van der Waals surface area contributed by atoms with E-state index in [1.807, 2.05) is 0 Å². The van der Waals surface area contributed by atoms with E-state index in [0.717, 1.165) is 42.4 Å². The molecule has 0 aromatic rings. The van der Waals surface area contributed by atoms with Crippen LogP contribution in [-0.4, -0.2) is 6.10 Å². The van der Waals surface area contributed by atoms with Crippen molar-refractivity contribution in [1.82, 2.24) is 0 Å². The summed E-state index contributed by atoms with van der Waals surface area (Å²) in [4.78, 5) is 22.3. The Morgan fingerprint density at radius 3 is 2.38 bits per heavy atom. The zero-order chi connectivity index (χ0) is 23.3. The molecule has 7 heteroatoms. The minimum Gasteiger partial charge on any atom is -0.790 e. The van der Waals surface area contributed by atoms with Crippen molar-refractivity contribution in [3.63, 3.8) is 0 Å². The molecule has 3 fully saturated rings. The molecule has 8 atom stereocenters. The van der Waals surface area contributed by atoms with E-state index in [1.54, 1.807) is 0 Å². The van der Waals surface area contributed by atoms with Crippen molar-refractivity contribution in [2.45, 2.75) is 111 Å². The molecule has 4 nitrogen and oxygen atoms in total. The largest absolute Gasteiger partial charge is 1.00 e. The second-order valence-corrected chi connectivity index (χ2v) is 13.8. The molecule has 0 unspecified atom stereocenters. The van der Waals surface area contributed by atoms with E-state index in [0.29, 0.717) is 24.2 Å². The number of phosphoric acid groups is 1. The molecule has 184 valence electrons. The second-order valence-electron chi connectivity index (χ2n) is 12.7. The molecule has 0 aliphatic heterocycles. The van der Waals surface area contributed by atoms with Crippen molar-refractivity contribution in [2.75, 3.05) is 0 Å². The predicted octanol–water partition coefficient (Wildman–Crippen LogP) is 0.250. The van der Waals surface area contributed by atoms with Crippen LogP contribution in [0.2, 0.25) is 0 Å². The minimum atomic E-state index is -4.91. The Morgan fingerprint density at radius 2 is 1.74 bits per heavy atom. The number of fused-ring (bicyclic) bond motifs is 5. The summed E-state index contributed by atoms with van der Waals surface area (Å²) in [5, 5.41) is 0. The average Bonchev–Trinajstić information content (AvgIpc) is 3.04. The van der Waals surface area contributed by atoms with Crippen LogP contribution in [0.15, 0.2) is 11.6 Å². The van der Waals surface area contributed by atoms with Crippen LogP contribution in [0, 0.1) is 46.3 Å². The third kappa shape index (κ3) is 6.52. The summed E-state index contributed by atoms with van der Waals surface area (Å²) in [6.07, 6.45) is 14.9. The van der Waals surface area contributed by atoms with Gasteiger partial charge in [-0.2, -0.15) is 0 Å². The summed E-state index contributed by atoms with van der Waals surface area (Å²) in [5.41, 5.74) is 2.00. The van der Waals surface area contributed by atoms with Gasteiger partial charge in [-0.1, -0.05) is 65.5 Å². The Balaban J connectivity index is 0.00000204. The molecule has 0 amide bonds. The summed E-state index contributed by atoms with van der Waals surface area (Å²) in [6, 6.07) is 0. The van der Waals surface area contributed by atoms with E-state index in [9.17, 15) is 14.4 Å². The van der Waals surface area contributed by atoms with E-state index in [4.69, 9.17) is 4.52 Å². The van der Waals surface area contributed by atoms with Crippen LogP contribution in [-0.2, 0) is 9.09 Å². The predicted molar refractivity (Wildman–Crippen MR) is 126 cm³/mol. The van der Waals surface area contributed by atoms with Crippen molar-refractivity contribution < 1.29 is 78.0 Å². The molecule has 0 radical (unpaired) electrons. The Bertz CT molecular complexity index is 768. The van der Waals surface area contributed by atoms with Gasteiger partial charge in [-0.15, -0.1) is 0 Å². The normalized spacial score (nSPS) is 40.2. The number of rotatable bonds is 7. The number of allylic oxidation sites excluding steroid dienone is 1. The first-order chi connectivity index (χ1) is 14.9. The monoisotopic (exact) mass is 510 g/mol. The van der Waals surface area contributed by atoms with Crippen molar-refractivity contribution in [2.24, 2.45) is 46.3 Å². The van der Waals surface area contributed by atoms with Crippen molar-refractivity contribution in [3.8, 4) is 0 Å². The fourth-order valence-electron chi connectivity index (χ4n) is 8.92. The number of phosphoric ester groups is 1. The van der Waals surface area contributed by atoms with Crippen LogP contribution in [0.25, 0.3) is 0 Å². The number of hydrogen-bond acceptors (Lipinski definition) is 4. The van der Waals surface area contributed by atoms with Gasteiger partial charge in [0.1, 0.15) is 0 Å². The zero-order valence-corrected chi connectivity index (χ0v) is 27.9. The SMILES string of the molecule is CC(C)CCC[C@@H](C)[C@H]1CC[C@H]2[C@@H]3CC=C4C[C@@H](OP(=O)([O-])[O-])CC[C@]4(C)[C@H]3CC[C@]12C.[Na+].[Na+]. The van der Waals surface area contributed by atoms with Gasteiger partial charge in [-0.05, 0) is 97.7 Å². The average molecular weight is 511 g/mol. The van der Waals surface area contributed by atoms with Crippen LogP contribution in [0.3, 0.4) is 0 Å². The van der Waals surface area contributed by atoms with Crippen LogP contribution in [0.4, 0.5) is 0 Å². The van der Waals surface area contributed by atoms with Gasteiger partial charge >= 0.3 is 59.1 Å². The molecule has 4 rings (SSSR count). The quantitative estimate of drug-likeness (QED) is 0.280. The van der Waals surface area contributed by atoms with Crippen LogP contribution in [0.5, 0.6) is 0 Å². The first-order valence-corrected chi connectivity index (χ1v) is 14.8. The molecular formula is C27H45Na2O4P. The summed E-state index contributed by atoms with van der Waals surface area (Å²) >= 11 is 0. The van der Waals surface area contributed by atoms with Gasteiger partial charge in [0, 0.05) is 0 Å². The van der Waals surface area contributed by atoms with E-state index in [1.165, 1.54) is 50.5 Å². The third-order valence-electron chi connectivity index (χ3n) is 10.5. The maximum atomic E-state index is 11.1. The Morgan fingerprint density at radius 1 is 1.03 bits per heavy atom. The molecule has 0 spiro atoms. The molecule has 34 heavy (non-hydrogen) atoms. The molecule has 0 heterocycles. The summed E-state index contributed by atoms with van der Waals surface area (Å²) < 4.78 is 16.0. The molecule has 0 saturated heterocycles. The van der Waals surface area contributed by atoms with E-state index >= 15 is 0 Å². The van der Waals surface area contributed by atoms with Crippen molar-refractivity contribution in [3.05, 3.63) is 11.6 Å². The topological polar surface area (TPSA) is 72.4 Å². The summed E-state index contributed by atoms with van der Waals surface area (Å²) in [6.45, 7) is 12.2. The van der Waals surface area contributed by atoms with Gasteiger partial charge in [-0.3, -0.25) is 0 Å². The van der Waals surface area contributed by atoms with E-state index in [-0.39, 0.29) is 64.5 Å². The van der Waals surface area contributed by atoms with Gasteiger partial charge < -0.3 is 18.9 Å². The van der Waals surface area contributed by atoms with Gasteiger partial charge in [0.25, 0.3) is 0 Å². The van der Waals surface area contributed by atoms with Crippen LogP contribution < -0.4 is 68.9 Å². The van der Waals surface area contributed by atoms with E-state index in [2.05, 4.69) is 40.7 Å². The smallest absolute Gasteiger partial charge is 0.790 e. The second kappa shape index (κ2) is 12.4. The molecule has 0 N–H and O–H groups in total. The van der Waals surface area contributed by atoms with E-state index < -0.39 is 13.9 Å². The van der Waals surface area contributed by atoms with Crippen molar-refractivity contribution >= 4 is 7.82 Å². The number of hydrogen-bond donors (Lipinski definition) is 0. The molecule has 4 aliphatic carbocycles. The standard InChI is InChI=1S/C27H47O4P.2Na/c1-18(2)7-6-8-19(3)23-11-12-24-22-10-9-20-17-21(31-32(28,29)30)13-15-26(20,4)25(22)14-16-27(23,24)5;;/h9,18-19,21-25H,6-8,10-17H2,1-5H3,(H2,28,29,30);;/q;2*+1/p-2/t19-,21+,22+,23-,24+,25+,26+,27-;;/m1../s1. The first kappa shape index (κ1) is 32.1. The Kier molecular flexibility index (Phi) is 11.7. The zero-order valence-electron chi connectivity index (χ0n) is 23.0. The fraction of sp³-hybridized carbons (Fsp3) is 0.926. The molecule has 0 aromatic carbocycles. The Labute approximate surface area is 253 Å². The maximum absolute atomic E-state index is 11.1. The molecule has 4 aliphatic rings. The van der Waals surface area contributed by atoms with Crippen LogP contribution >= 0.6 is 7.82 Å². The van der Waals surface area contributed by atoms with Crippen molar-refractivity contribution in [1.29, 1.82) is 0 Å². The molecule has 0 bridgehead atoms. The van der Waals surface area contributed by atoms with Gasteiger partial charge in [0.05, 0.1) is 13.9 Å². The first-order valence-electron chi connectivity index (χ1n) is 13.3. The molecule has 0 aromatic heterocycles. The summed E-state index contributed by atoms with van der Waals surface area (Å²) in [7, 11) is -4.91. The molecular weight excluding hydrogens is 465 g/mol. The maximum Gasteiger partial charge on any atom is 1.00 e.